The van der Waals surface area contributed by atoms with Gasteiger partial charge in [-0.1, -0.05) is 0 Å². The number of halogens is 3. The van der Waals surface area contributed by atoms with Gasteiger partial charge >= 0.3 is 12.2 Å². The second-order valence-corrected chi connectivity index (χ2v) is 6.32. The Hall–Kier alpha value is -1.77. The number of aromatic nitrogens is 2. The number of amides is 2. The average Bonchev–Trinajstić information content (AvgIpc) is 2.81. The maximum absolute atomic E-state index is 12.3. The molecule has 1 atom stereocenters. The number of morpholine rings is 1. The smallest absolute Gasteiger partial charge is 0.368 e. The van der Waals surface area contributed by atoms with E-state index in [1.54, 1.807) is 4.90 Å². The Morgan fingerprint density at radius 1 is 1.52 bits per heavy atom. The Balaban J connectivity index is 1.60. The number of carbonyl (C=O) groups excluding carboxylic acids is 1. The van der Waals surface area contributed by atoms with E-state index in [0.29, 0.717) is 13.1 Å². The fraction of sp³-hybridized carbons (Fsp3) is 0.714. The predicted molar refractivity (Wildman–Crippen MR) is 76.0 cm³/mol. The zero-order chi connectivity index (χ0) is 16.7. The van der Waals surface area contributed by atoms with Gasteiger partial charge in [0.25, 0.3) is 0 Å². The summed E-state index contributed by atoms with van der Waals surface area (Å²) in [5.74, 6) is 0. The minimum atomic E-state index is -4.34. The van der Waals surface area contributed by atoms with E-state index in [9.17, 15) is 18.0 Å². The summed E-state index contributed by atoms with van der Waals surface area (Å²) in [5.41, 5.74) is 0.0104. The van der Waals surface area contributed by atoms with Crippen LogP contribution in [0.3, 0.4) is 0 Å². The molecule has 1 aromatic rings. The summed E-state index contributed by atoms with van der Waals surface area (Å²) < 4.78 is 43.6. The van der Waals surface area contributed by atoms with Crippen LogP contribution < -0.4 is 5.32 Å². The van der Waals surface area contributed by atoms with Crippen LogP contribution in [0.4, 0.5) is 23.7 Å². The summed E-state index contributed by atoms with van der Waals surface area (Å²) in [7, 11) is 0. The van der Waals surface area contributed by atoms with Crippen LogP contribution in [0.15, 0.2) is 12.4 Å². The molecule has 128 valence electrons. The van der Waals surface area contributed by atoms with Gasteiger partial charge in [0.05, 0.1) is 30.1 Å². The van der Waals surface area contributed by atoms with Crippen LogP contribution in [-0.2, 0) is 11.3 Å². The fourth-order valence-corrected chi connectivity index (χ4v) is 3.13. The van der Waals surface area contributed by atoms with Gasteiger partial charge < -0.3 is 15.0 Å². The number of rotatable bonds is 2. The topological polar surface area (TPSA) is 59.4 Å². The van der Waals surface area contributed by atoms with Gasteiger partial charge in [-0.25, -0.2) is 4.79 Å². The van der Waals surface area contributed by atoms with E-state index in [1.165, 1.54) is 12.4 Å². The first-order chi connectivity index (χ1) is 10.7. The van der Waals surface area contributed by atoms with E-state index in [-0.39, 0.29) is 23.4 Å². The summed E-state index contributed by atoms with van der Waals surface area (Å²) in [4.78, 5) is 14.0. The van der Waals surface area contributed by atoms with Crippen LogP contribution in [0.25, 0.3) is 0 Å². The van der Waals surface area contributed by atoms with Crippen molar-refractivity contribution in [2.45, 2.75) is 50.6 Å². The number of nitrogens with zero attached hydrogens (tertiary/aromatic N) is 3. The lowest BCUT2D eigenvalue weighted by atomic mass is 9.78. The zero-order valence-electron chi connectivity index (χ0n) is 12.8. The molecule has 2 aliphatic rings. The molecule has 0 aromatic carbocycles. The van der Waals surface area contributed by atoms with Crippen LogP contribution in [0.5, 0.6) is 0 Å². The number of carbonyl (C=O) groups is 1. The number of hydrogen-bond acceptors (Lipinski definition) is 3. The molecule has 1 N–H and O–H groups in total. The van der Waals surface area contributed by atoms with Crippen LogP contribution in [0.2, 0.25) is 0 Å². The molecular formula is C14H19F3N4O2. The van der Waals surface area contributed by atoms with Gasteiger partial charge in [0.2, 0.25) is 0 Å². The van der Waals surface area contributed by atoms with E-state index in [4.69, 9.17) is 4.74 Å². The van der Waals surface area contributed by atoms with Crippen molar-refractivity contribution in [1.29, 1.82) is 0 Å². The molecule has 2 fully saturated rings. The molecule has 3 rings (SSSR count). The molecule has 1 aliphatic heterocycles. The highest BCUT2D eigenvalue weighted by Gasteiger charge is 2.45. The van der Waals surface area contributed by atoms with Gasteiger partial charge in [0, 0.05) is 12.7 Å². The van der Waals surface area contributed by atoms with Crippen LogP contribution in [0.1, 0.15) is 26.2 Å². The van der Waals surface area contributed by atoms with Crippen molar-refractivity contribution in [1.82, 2.24) is 14.7 Å². The van der Waals surface area contributed by atoms with E-state index in [1.807, 2.05) is 6.92 Å². The van der Waals surface area contributed by atoms with Crippen molar-refractivity contribution in [2.24, 2.45) is 0 Å². The predicted octanol–water partition coefficient (Wildman–Crippen LogP) is 2.62. The molecule has 2 heterocycles. The standard InChI is InChI=1S/C14H19F3N4O2/c1-10-6-20(8-13(23-10)3-2-4-13)12(22)19-11-5-18-21(7-11)9-14(15,16)17/h5,7,10H,2-4,6,8-9H2,1H3,(H,19,22). The Kier molecular flexibility index (Phi) is 3.99. The SMILES string of the molecule is CC1CN(C(=O)Nc2cnn(CC(F)(F)F)c2)CC2(CCC2)O1. The third-order valence-electron chi connectivity index (χ3n) is 4.19. The van der Waals surface area contributed by atoms with Crippen molar-refractivity contribution in [3.63, 3.8) is 0 Å². The minimum absolute atomic E-state index is 0.0530. The number of anilines is 1. The van der Waals surface area contributed by atoms with E-state index in [0.717, 1.165) is 23.9 Å². The fourth-order valence-electron chi connectivity index (χ4n) is 3.13. The Morgan fingerprint density at radius 3 is 2.87 bits per heavy atom. The molecule has 6 nitrogen and oxygen atoms in total. The molecule has 1 aliphatic carbocycles. The zero-order valence-corrected chi connectivity index (χ0v) is 12.8. The quantitative estimate of drug-likeness (QED) is 0.906. The lowest BCUT2D eigenvalue weighted by Crippen LogP contribution is -2.60. The largest absolute Gasteiger partial charge is 0.408 e. The monoisotopic (exact) mass is 332 g/mol. The average molecular weight is 332 g/mol. The Labute approximate surface area is 131 Å². The first kappa shape index (κ1) is 16.1. The van der Waals surface area contributed by atoms with Gasteiger partial charge in [-0.05, 0) is 26.2 Å². The second kappa shape index (κ2) is 5.70. The molecule has 2 amide bonds. The van der Waals surface area contributed by atoms with Gasteiger partial charge in [0.15, 0.2) is 0 Å². The lowest BCUT2D eigenvalue weighted by Gasteiger charge is -2.50. The maximum Gasteiger partial charge on any atom is 0.408 e. The molecule has 1 saturated carbocycles. The molecule has 0 bridgehead atoms. The van der Waals surface area contributed by atoms with Crippen LogP contribution in [0, 0.1) is 0 Å². The number of ether oxygens (including phenoxy) is 1. The number of alkyl halides is 3. The number of urea groups is 1. The summed E-state index contributed by atoms with van der Waals surface area (Å²) in [6.07, 6.45) is 0.953. The molecule has 1 unspecified atom stereocenters. The van der Waals surface area contributed by atoms with E-state index >= 15 is 0 Å². The van der Waals surface area contributed by atoms with Crippen LogP contribution >= 0.6 is 0 Å². The highest BCUT2D eigenvalue weighted by atomic mass is 19.4. The van der Waals surface area contributed by atoms with Crippen molar-refractivity contribution in [2.75, 3.05) is 18.4 Å². The van der Waals surface area contributed by atoms with Gasteiger partial charge in [-0.15, -0.1) is 0 Å². The third kappa shape index (κ3) is 3.77. The molecule has 1 spiro atoms. The summed E-state index contributed by atoms with van der Waals surface area (Å²) in [6, 6.07) is -0.335. The highest BCUT2D eigenvalue weighted by molar-refractivity contribution is 5.89. The summed E-state index contributed by atoms with van der Waals surface area (Å²) in [5, 5.41) is 6.21. The maximum atomic E-state index is 12.3. The summed E-state index contributed by atoms with van der Waals surface area (Å²) >= 11 is 0. The van der Waals surface area contributed by atoms with Crippen molar-refractivity contribution < 1.29 is 22.7 Å². The van der Waals surface area contributed by atoms with Crippen molar-refractivity contribution in [3.8, 4) is 0 Å². The lowest BCUT2D eigenvalue weighted by molar-refractivity contribution is -0.174. The molecule has 1 saturated heterocycles. The normalized spacial score (nSPS) is 23.7. The van der Waals surface area contributed by atoms with Gasteiger partial charge in [-0.3, -0.25) is 4.68 Å². The second-order valence-electron chi connectivity index (χ2n) is 6.32. The van der Waals surface area contributed by atoms with E-state index < -0.39 is 12.7 Å². The Morgan fingerprint density at radius 2 is 2.26 bits per heavy atom. The first-order valence-corrected chi connectivity index (χ1v) is 7.58. The number of nitrogens with one attached hydrogen (secondary N) is 1. The minimum Gasteiger partial charge on any atom is -0.368 e. The first-order valence-electron chi connectivity index (χ1n) is 7.58. The summed E-state index contributed by atoms with van der Waals surface area (Å²) in [6.45, 7) is 1.71. The van der Waals surface area contributed by atoms with Gasteiger partial charge in [-0.2, -0.15) is 18.3 Å². The molecule has 9 heteroatoms. The molecule has 1 aromatic heterocycles. The van der Waals surface area contributed by atoms with E-state index in [2.05, 4.69) is 10.4 Å². The molecule has 23 heavy (non-hydrogen) atoms. The molecule has 0 radical (unpaired) electrons. The van der Waals surface area contributed by atoms with Gasteiger partial charge in [0.1, 0.15) is 6.54 Å². The van der Waals surface area contributed by atoms with Crippen LogP contribution in [-0.4, -0.2) is 51.7 Å². The third-order valence-corrected chi connectivity index (χ3v) is 4.19. The number of hydrogen-bond donors (Lipinski definition) is 1. The molecular weight excluding hydrogens is 313 g/mol. The van der Waals surface area contributed by atoms with Crippen molar-refractivity contribution >= 4 is 11.7 Å². The Bertz CT molecular complexity index is 583. The van der Waals surface area contributed by atoms with Crippen molar-refractivity contribution in [3.05, 3.63) is 12.4 Å². The highest BCUT2D eigenvalue weighted by Crippen LogP contribution is 2.39.